The Labute approximate surface area is 251 Å². The zero-order chi connectivity index (χ0) is 31.2. The molecule has 4 N–H and O–H groups in total. The number of para-hydroxylation sites is 1. The van der Waals surface area contributed by atoms with Crippen LogP contribution in [0.3, 0.4) is 0 Å². The van der Waals surface area contributed by atoms with Crippen molar-refractivity contribution in [3.05, 3.63) is 96.1 Å². The first-order valence-electron chi connectivity index (χ1n) is 14.3. The van der Waals surface area contributed by atoms with Gasteiger partial charge in [-0.25, -0.2) is 4.79 Å². The van der Waals surface area contributed by atoms with Crippen LogP contribution in [0, 0.1) is 5.92 Å². The fourth-order valence-electron chi connectivity index (χ4n) is 4.20. The molecule has 3 unspecified atom stereocenters. The lowest BCUT2D eigenvalue weighted by molar-refractivity contribution is -0.140. The Hall–Kier alpha value is -4.70. The summed E-state index contributed by atoms with van der Waals surface area (Å²) in [5.41, 5.74) is 1.28. The fourth-order valence-corrected chi connectivity index (χ4v) is 4.20. The summed E-state index contributed by atoms with van der Waals surface area (Å²) in [7, 11) is 0. The number of aliphatic hydroxyl groups excluding tert-OH is 1. The number of aliphatic hydroxyl groups is 1. The van der Waals surface area contributed by atoms with E-state index in [-0.39, 0.29) is 25.5 Å². The molecule has 0 aliphatic rings. The minimum Gasteiger partial charge on any atom is -0.457 e. The molecule has 0 radical (unpaired) electrons. The highest BCUT2D eigenvalue weighted by molar-refractivity contribution is 6.38. The Bertz CT molecular complexity index is 1350. The number of hydrogen-bond donors (Lipinski definition) is 4. The van der Waals surface area contributed by atoms with Crippen molar-refractivity contribution >= 4 is 23.7 Å². The Morgan fingerprint density at radius 1 is 0.814 bits per heavy atom. The number of carbonyl (C=O) groups excluding carboxylic acids is 4. The van der Waals surface area contributed by atoms with Crippen molar-refractivity contribution in [2.45, 2.75) is 58.4 Å². The summed E-state index contributed by atoms with van der Waals surface area (Å²) in [6, 6.07) is 23.0. The maximum atomic E-state index is 13.1. The molecule has 43 heavy (non-hydrogen) atoms. The summed E-state index contributed by atoms with van der Waals surface area (Å²) in [6.45, 7) is 5.25. The average Bonchev–Trinajstić information content (AvgIpc) is 3.01. The molecule has 0 saturated carbocycles. The number of alkyl carbamates (subject to hydrolysis) is 1. The second kappa shape index (κ2) is 16.7. The van der Waals surface area contributed by atoms with Gasteiger partial charge in [0, 0.05) is 6.54 Å². The van der Waals surface area contributed by atoms with Crippen molar-refractivity contribution in [3.63, 3.8) is 0 Å². The highest BCUT2D eigenvalue weighted by Gasteiger charge is 2.30. The van der Waals surface area contributed by atoms with E-state index in [9.17, 15) is 24.3 Å². The van der Waals surface area contributed by atoms with Crippen LogP contribution in [0.5, 0.6) is 11.5 Å². The largest absolute Gasteiger partial charge is 0.457 e. The molecule has 3 aromatic rings. The molecule has 228 valence electrons. The number of benzene rings is 3. The maximum Gasteiger partial charge on any atom is 0.408 e. The van der Waals surface area contributed by atoms with Crippen molar-refractivity contribution in [1.82, 2.24) is 16.0 Å². The van der Waals surface area contributed by atoms with Crippen LogP contribution in [0.4, 0.5) is 4.79 Å². The summed E-state index contributed by atoms with van der Waals surface area (Å²) in [6.07, 6.45) is -1.43. The molecule has 3 aromatic carbocycles. The van der Waals surface area contributed by atoms with E-state index in [1.54, 1.807) is 43.3 Å². The van der Waals surface area contributed by atoms with Crippen molar-refractivity contribution in [3.8, 4) is 11.5 Å². The van der Waals surface area contributed by atoms with Crippen LogP contribution >= 0.6 is 0 Å². The second-order valence-electron chi connectivity index (χ2n) is 10.4. The molecule has 10 heteroatoms. The van der Waals surface area contributed by atoms with E-state index in [1.165, 1.54) is 0 Å². The lowest BCUT2D eigenvalue weighted by Crippen LogP contribution is -2.54. The minimum atomic E-state index is -1.12. The van der Waals surface area contributed by atoms with Gasteiger partial charge in [-0.2, -0.15) is 0 Å². The van der Waals surface area contributed by atoms with E-state index in [2.05, 4.69) is 16.0 Å². The zero-order valence-electron chi connectivity index (χ0n) is 24.6. The van der Waals surface area contributed by atoms with Gasteiger partial charge in [-0.1, -0.05) is 81.4 Å². The summed E-state index contributed by atoms with van der Waals surface area (Å²) in [4.78, 5) is 51.1. The van der Waals surface area contributed by atoms with E-state index in [0.29, 0.717) is 23.5 Å². The molecule has 3 atom stereocenters. The quantitative estimate of drug-likeness (QED) is 0.192. The van der Waals surface area contributed by atoms with Gasteiger partial charge in [-0.05, 0) is 54.2 Å². The van der Waals surface area contributed by atoms with Gasteiger partial charge in [0.15, 0.2) is 0 Å². The number of rotatable bonds is 15. The third-order valence-corrected chi connectivity index (χ3v) is 6.47. The first-order chi connectivity index (χ1) is 20.7. The van der Waals surface area contributed by atoms with Gasteiger partial charge in [-0.15, -0.1) is 0 Å². The Balaban J connectivity index is 1.53. The van der Waals surface area contributed by atoms with E-state index in [1.807, 2.05) is 62.4 Å². The molecule has 0 heterocycles. The molecule has 0 aliphatic heterocycles. The predicted octanol–water partition coefficient (Wildman–Crippen LogP) is 4.43. The summed E-state index contributed by atoms with van der Waals surface area (Å²) >= 11 is 0. The van der Waals surface area contributed by atoms with Gasteiger partial charge in [-0.3, -0.25) is 14.4 Å². The summed E-state index contributed by atoms with van der Waals surface area (Å²) in [5.74, 6) is -1.23. The maximum absolute atomic E-state index is 13.1. The number of ketones is 1. The standard InChI is InChI=1S/C33H39N3O7/c1-4-27(35-31(39)28(18-22(2)3)36-33(41)42-21-23-12-7-5-8-13-23)30(38)32(40)34-20-29(37)24-14-11-17-26(19-24)43-25-15-9-6-10-16-25/h5-17,19,22,27-29,37H,4,18,20-21H2,1-3H3,(H,34,40)(H,35,39)(H,36,41). The van der Waals surface area contributed by atoms with Crippen LogP contribution in [0.15, 0.2) is 84.9 Å². The Morgan fingerprint density at radius 2 is 1.47 bits per heavy atom. The van der Waals surface area contributed by atoms with Gasteiger partial charge >= 0.3 is 6.09 Å². The van der Waals surface area contributed by atoms with E-state index in [4.69, 9.17) is 9.47 Å². The molecule has 0 aromatic heterocycles. The van der Waals surface area contributed by atoms with Crippen LogP contribution in [-0.2, 0) is 25.7 Å². The van der Waals surface area contributed by atoms with Crippen LogP contribution < -0.4 is 20.7 Å². The molecule has 10 nitrogen and oxygen atoms in total. The van der Waals surface area contributed by atoms with Crippen LogP contribution in [0.2, 0.25) is 0 Å². The molecule has 3 rings (SSSR count). The second-order valence-corrected chi connectivity index (χ2v) is 10.4. The van der Waals surface area contributed by atoms with Crippen LogP contribution in [-0.4, -0.2) is 47.4 Å². The van der Waals surface area contributed by atoms with Gasteiger partial charge in [0.2, 0.25) is 11.7 Å². The molecule has 0 aliphatic carbocycles. The van der Waals surface area contributed by atoms with Gasteiger partial charge in [0.1, 0.15) is 24.1 Å². The van der Waals surface area contributed by atoms with E-state index >= 15 is 0 Å². The Kier molecular flexibility index (Phi) is 12.7. The van der Waals surface area contributed by atoms with Crippen molar-refractivity contribution in [2.24, 2.45) is 5.92 Å². The number of Topliss-reactive ketones (excluding diaryl/α,β-unsaturated/α-hetero) is 1. The molecule has 3 amide bonds. The minimum absolute atomic E-state index is 0.0368. The first-order valence-corrected chi connectivity index (χ1v) is 14.3. The number of nitrogens with one attached hydrogen (secondary N) is 3. The number of carbonyl (C=O) groups is 4. The zero-order valence-corrected chi connectivity index (χ0v) is 24.6. The lowest BCUT2D eigenvalue weighted by atomic mass is 10.0. The summed E-state index contributed by atoms with van der Waals surface area (Å²) < 4.78 is 11.0. The normalized spacial score (nSPS) is 12.9. The molecular formula is C33H39N3O7. The van der Waals surface area contributed by atoms with Gasteiger partial charge in [0.25, 0.3) is 5.91 Å². The highest BCUT2D eigenvalue weighted by atomic mass is 16.5. The van der Waals surface area contributed by atoms with Crippen molar-refractivity contribution in [1.29, 1.82) is 0 Å². The smallest absolute Gasteiger partial charge is 0.408 e. The highest BCUT2D eigenvalue weighted by Crippen LogP contribution is 2.24. The molecule has 0 saturated heterocycles. The van der Waals surface area contributed by atoms with E-state index in [0.717, 1.165) is 5.56 Å². The van der Waals surface area contributed by atoms with Gasteiger partial charge < -0.3 is 30.5 Å². The topological polar surface area (TPSA) is 143 Å². The van der Waals surface area contributed by atoms with Crippen LogP contribution in [0.1, 0.15) is 50.8 Å². The number of hydrogen-bond acceptors (Lipinski definition) is 7. The molecule has 0 bridgehead atoms. The van der Waals surface area contributed by atoms with Crippen LogP contribution in [0.25, 0.3) is 0 Å². The first kappa shape index (κ1) is 32.8. The van der Waals surface area contributed by atoms with E-state index < -0.39 is 41.9 Å². The summed E-state index contributed by atoms with van der Waals surface area (Å²) in [5, 5.41) is 18.2. The monoisotopic (exact) mass is 589 g/mol. The lowest BCUT2D eigenvalue weighted by Gasteiger charge is -2.23. The number of amides is 3. The third-order valence-electron chi connectivity index (χ3n) is 6.47. The SMILES string of the molecule is CCC(NC(=O)C(CC(C)C)NC(=O)OCc1ccccc1)C(=O)C(=O)NCC(O)c1cccc(Oc2ccccc2)c1. The van der Waals surface area contributed by atoms with Crippen molar-refractivity contribution < 1.29 is 33.8 Å². The predicted molar refractivity (Wildman–Crippen MR) is 161 cm³/mol. The third kappa shape index (κ3) is 10.9. The average molecular weight is 590 g/mol. The Morgan fingerprint density at radius 3 is 2.12 bits per heavy atom. The number of ether oxygens (including phenoxy) is 2. The molecular weight excluding hydrogens is 550 g/mol. The van der Waals surface area contributed by atoms with Crippen molar-refractivity contribution in [2.75, 3.05) is 6.54 Å². The fraction of sp³-hybridized carbons (Fsp3) is 0.333. The molecule has 0 fully saturated rings. The molecule has 0 spiro atoms. The van der Waals surface area contributed by atoms with Gasteiger partial charge in [0.05, 0.1) is 12.1 Å².